The zero-order valence-electron chi connectivity index (χ0n) is 16.5. The van der Waals surface area contributed by atoms with Gasteiger partial charge in [0.15, 0.2) is 5.78 Å². The fourth-order valence-electron chi connectivity index (χ4n) is 5.32. The van der Waals surface area contributed by atoms with Gasteiger partial charge in [-0.15, -0.1) is 0 Å². The van der Waals surface area contributed by atoms with Crippen molar-refractivity contribution in [3.8, 4) is 5.75 Å². The van der Waals surface area contributed by atoms with Crippen LogP contribution in [0.5, 0.6) is 5.75 Å². The van der Waals surface area contributed by atoms with Gasteiger partial charge in [0.1, 0.15) is 16.9 Å². The zero-order chi connectivity index (χ0) is 20.6. The fourth-order valence-corrected chi connectivity index (χ4v) is 5.32. The lowest BCUT2D eigenvalue weighted by Gasteiger charge is -2.22. The number of ether oxygens (including phenoxy) is 1. The molecule has 4 heteroatoms. The minimum Gasteiger partial charge on any atom is -0.425 e. The molecule has 4 nitrogen and oxygen atoms in total. The maximum Gasteiger partial charge on any atom is 0.326 e. The third kappa shape index (κ3) is 2.01. The molecule has 3 aromatic rings. The molecule has 1 heterocycles. The average Bonchev–Trinajstić information content (AvgIpc) is 3.31. The second-order valence-corrected chi connectivity index (χ2v) is 8.28. The monoisotopic (exact) mass is 384 g/mol. The number of carbonyl (C=O) groups excluding carboxylic acids is 3. The Morgan fingerprint density at radius 1 is 0.966 bits per heavy atom. The zero-order valence-corrected chi connectivity index (χ0v) is 16.5. The Hall–Kier alpha value is -3.27. The molecule has 1 fully saturated rings. The van der Waals surface area contributed by atoms with Crippen molar-refractivity contribution < 1.29 is 19.1 Å². The van der Waals surface area contributed by atoms with Gasteiger partial charge < -0.3 is 4.74 Å². The van der Waals surface area contributed by atoms with Crippen molar-refractivity contribution >= 4 is 28.3 Å². The third-order valence-corrected chi connectivity index (χ3v) is 6.83. The number of benzene rings is 3. The molecule has 144 valence electrons. The normalized spacial score (nSPS) is 27.0. The number of aryl methyl sites for hydroxylation is 1. The summed E-state index contributed by atoms with van der Waals surface area (Å²) >= 11 is 0. The van der Waals surface area contributed by atoms with Crippen LogP contribution < -0.4 is 4.74 Å². The molecule has 1 saturated carbocycles. The first-order valence-corrected chi connectivity index (χ1v) is 9.70. The molecule has 5 rings (SSSR count). The smallest absolute Gasteiger partial charge is 0.326 e. The topological polar surface area (TPSA) is 60.4 Å². The van der Waals surface area contributed by atoms with E-state index in [1.54, 1.807) is 25.1 Å². The first-order chi connectivity index (χ1) is 13.8. The Bertz CT molecular complexity index is 1220. The van der Waals surface area contributed by atoms with E-state index in [1.807, 2.05) is 49.4 Å². The lowest BCUT2D eigenvalue weighted by atomic mass is 9.84. The Labute approximate surface area is 168 Å². The van der Waals surface area contributed by atoms with Crippen molar-refractivity contribution in [1.82, 2.24) is 0 Å². The van der Waals surface area contributed by atoms with Crippen molar-refractivity contribution in [1.29, 1.82) is 0 Å². The number of Topliss-reactive ketones (excluding diaryl/α,β-unsaturated/α-hetero) is 2. The minimum atomic E-state index is -1.48. The van der Waals surface area contributed by atoms with E-state index in [1.165, 1.54) is 6.92 Å². The number of hydrogen-bond acceptors (Lipinski definition) is 4. The largest absolute Gasteiger partial charge is 0.425 e. The summed E-state index contributed by atoms with van der Waals surface area (Å²) in [6.07, 6.45) is 0. The van der Waals surface area contributed by atoms with Gasteiger partial charge in [-0.3, -0.25) is 14.4 Å². The highest BCUT2D eigenvalue weighted by Gasteiger charge is 2.86. The number of rotatable bonds is 3. The first kappa shape index (κ1) is 17.8. The summed E-state index contributed by atoms with van der Waals surface area (Å²) in [7, 11) is 0. The lowest BCUT2D eigenvalue weighted by Crippen LogP contribution is -2.37. The molecule has 2 aliphatic rings. The maximum absolute atomic E-state index is 13.6. The van der Waals surface area contributed by atoms with Crippen LogP contribution >= 0.6 is 0 Å². The van der Waals surface area contributed by atoms with E-state index in [4.69, 9.17) is 4.74 Å². The molecule has 1 aliphatic heterocycles. The molecule has 0 spiro atoms. The average molecular weight is 384 g/mol. The quantitative estimate of drug-likeness (QED) is 0.286. The number of ketones is 2. The van der Waals surface area contributed by atoms with E-state index in [0.717, 1.165) is 21.9 Å². The van der Waals surface area contributed by atoms with Crippen LogP contribution in [-0.2, 0) is 9.59 Å². The van der Waals surface area contributed by atoms with Gasteiger partial charge in [-0.25, -0.2) is 0 Å². The van der Waals surface area contributed by atoms with Gasteiger partial charge >= 0.3 is 5.97 Å². The Morgan fingerprint density at radius 3 is 2.34 bits per heavy atom. The summed E-state index contributed by atoms with van der Waals surface area (Å²) in [6.45, 7) is 5.07. The summed E-state index contributed by atoms with van der Waals surface area (Å²) in [5.74, 6) is -1.25. The van der Waals surface area contributed by atoms with Crippen molar-refractivity contribution in [3.63, 3.8) is 0 Å². The van der Waals surface area contributed by atoms with E-state index in [-0.39, 0.29) is 11.6 Å². The molecule has 3 aromatic carbocycles. The summed E-state index contributed by atoms with van der Waals surface area (Å²) < 4.78 is 5.65. The van der Waals surface area contributed by atoms with Crippen molar-refractivity contribution in [2.45, 2.75) is 26.7 Å². The van der Waals surface area contributed by atoms with Gasteiger partial charge in [-0.1, -0.05) is 67.1 Å². The predicted molar refractivity (Wildman–Crippen MR) is 109 cm³/mol. The van der Waals surface area contributed by atoms with E-state index in [9.17, 15) is 14.4 Å². The number of fused-ring (bicyclic) bond motifs is 5. The predicted octanol–water partition coefficient (Wildman–Crippen LogP) is 4.63. The van der Waals surface area contributed by atoms with E-state index >= 15 is 0 Å². The first-order valence-electron chi connectivity index (χ1n) is 9.70. The van der Waals surface area contributed by atoms with Crippen molar-refractivity contribution in [2.24, 2.45) is 10.8 Å². The summed E-state index contributed by atoms with van der Waals surface area (Å²) in [4.78, 5) is 39.6. The van der Waals surface area contributed by atoms with Crippen LogP contribution in [0.2, 0.25) is 0 Å². The third-order valence-electron chi connectivity index (χ3n) is 6.83. The summed E-state index contributed by atoms with van der Waals surface area (Å²) in [5, 5.41) is 1.90. The van der Waals surface area contributed by atoms with Crippen LogP contribution in [0.3, 0.4) is 0 Å². The van der Waals surface area contributed by atoms with E-state index in [0.29, 0.717) is 11.3 Å². The number of hydrogen-bond donors (Lipinski definition) is 0. The van der Waals surface area contributed by atoms with Gasteiger partial charge in [0.25, 0.3) is 0 Å². The van der Waals surface area contributed by atoms with Crippen LogP contribution in [0, 0.1) is 17.8 Å². The lowest BCUT2D eigenvalue weighted by molar-refractivity contribution is -0.147. The Kier molecular flexibility index (Phi) is 3.46. The van der Waals surface area contributed by atoms with Crippen LogP contribution in [0.4, 0.5) is 0 Å². The molecule has 29 heavy (non-hydrogen) atoms. The molecule has 0 saturated heterocycles. The standard InChI is InChI=1S/C25H20O4/c1-14-8-10-17(11-9-14)22(27)24(3)21-20-18-7-5-4-6-16(18)12-13-19(20)29-23(28)25(21,24)15(2)26/h4-13,21H,1-3H3/t21-,24-,25+/m0/s1. The van der Waals surface area contributed by atoms with Crippen LogP contribution in [0.1, 0.15) is 41.3 Å². The minimum absolute atomic E-state index is 0.199. The molecule has 3 atom stereocenters. The molecule has 0 amide bonds. The maximum atomic E-state index is 13.6. The molecule has 0 N–H and O–H groups in total. The second kappa shape index (κ2) is 5.63. The van der Waals surface area contributed by atoms with Gasteiger partial charge in [0.05, 0.1) is 5.41 Å². The highest BCUT2D eigenvalue weighted by Crippen LogP contribution is 2.79. The van der Waals surface area contributed by atoms with Crippen molar-refractivity contribution in [2.75, 3.05) is 0 Å². The Morgan fingerprint density at radius 2 is 1.66 bits per heavy atom. The van der Waals surface area contributed by atoms with Crippen molar-refractivity contribution in [3.05, 3.63) is 77.4 Å². The Balaban J connectivity index is 1.77. The molecule has 0 unspecified atom stereocenters. The molecule has 0 radical (unpaired) electrons. The molecule has 0 bridgehead atoms. The number of carbonyl (C=O) groups is 3. The van der Waals surface area contributed by atoms with Crippen LogP contribution in [0.15, 0.2) is 60.7 Å². The summed E-state index contributed by atoms with van der Waals surface area (Å²) in [6, 6.07) is 18.7. The summed E-state index contributed by atoms with van der Waals surface area (Å²) in [5.41, 5.74) is -0.340. The van der Waals surface area contributed by atoms with Gasteiger partial charge in [-0.05, 0) is 30.7 Å². The second-order valence-electron chi connectivity index (χ2n) is 8.28. The molecule has 0 aromatic heterocycles. The van der Waals surface area contributed by atoms with E-state index < -0.39 is 22.7 Å². The molecule has 1 aliphatic carbocycles. The fraction of sp³-hybridized carbons (Fsp3) is 0.240. The van der Waals surface area contributed by atoms with Gasteiger partial charge in [0.2, 0.25) is 0 Å². The highest BCUT2D eigenvalue weighted by atomic mass is 16.5. The van der Waals surface area contributed by atoms with Crippen LogP contribution in [-0.4, -0.2) is 17.5 Å². The molecular formula is C25H20O4. The van der Waals surface area contributed by atoms with Crippen LogP contribution in [0.25, 0.3) is 10.8 Å². The van der Waals surface area contributed by atoms with Gasteiger partial charge in [0, 0.05) is 17.0 Å². The van der Waals surface area contributed by atoms with Gasteiger partial charge in [-0.2, -0.15) is 0 Å². The molecular weight excluding hydrogens is 364 g/mol. The van der Waals surface area contributed by atoms with E-state index in [2.05, 4.69) is 0 Å². The number of esters is 1. The SMILES string of the molecule is CC(=O)[C@]12C(=O)Oc3ccc4ccccc4c3[C@H]1[C@@]2(C)C(=O)c1ccc(C)cc1. The highest BCUT2D eigenvalue weighted by molar-refractivity contribution is 6.22.